The largest absolute Gasteiger partial charge is 0.302 e. The third kappa shape index (κ3) is 2.81. The van der Waals surface area contributed by atoms with Crippen molar-refractivity contribution in [3.05, 3.63) is 0 Å². The van der Waals surface area contributed by atoms with Gasteiger partial charge < -0.3 is 4.90 Å². The minimum absolute atomic E-state index is 0.337. The Morgan fingerprint density at radius 3 is 2.24 bits per heavy atom. The molecule has 2 rings (SSSR count). The van der Waals surface area contributed by atoms with Crippen molar-refractivity contribution in [3.63, 3.8) is 0 Å². The van der Waals surface area contributed by atoms with E-state index < -0.39 is 0 Å². The molecule has 96 valence electrons. The number of piperidine rings is 1. The van der Waals surface area contributed by atoms with Crippen LogP contribution in [0.15, 0.2) is 0 Å². The lowest BCUT2D eigenvalue weighted by Crippen LogP contribution is -2.65. The molecule has 0 bridgehead atoms. The SMILES string of the molecule is CC(C)(C)N1CC2(CCN(CCC#N)CC2)C1. The lowest BCUT2D eigenvalue weighted by molar-refractivity contribution is -0.0897. The van der Waals surface area contributed by atoms with Crippen molar-refractivity contribution in [3.8, 4) is 6.07 Å². The van der Waals surface area contributed by atoms with E-state index in [-0.39, 0.29) is 0 Å². The fourth-order valence-electron chi connectivity index (χ4n) is 3.01. The summed E-state index contributed by atoms with van der Waals surface area (Å²) in [7, 11) is 0. The Bertz CT molecular complexity index is 294. The Morgan fingerprint density at radius 1 is 1.18 bits per heavy atom. The maximum absolute atomic E-state index is 8.60. The summed E-state index contributed by atoms with van der Waals surface area (Å²) >= 11 is 0. The first kappa shape index (κ1) is 12.9. The van der Waals surface area contributed by atoms with Gasteiger partial charge in [0, 0.05) is 31.6 Å². The Morgan fingerprint density at radius 2 is 1.76 bits per heavy atom. The van der Waals surface area contributed by atoms with Crippen LogP contribution >= 0.6 is 0 Å². The van der Waals surface area contributed by atoms with E-state index >= 15 is 0 Å². The predicted molar refractivity (Wildman–Crippen MR) is 69.7 cm³/mol. The van der Waals surface area contributed by atoms with Crippen LogP contribution < -0.4 is 0 Å². The molecule has 2 heterocycles. The van der Waals surface area contributed by atoms with Gasteiger partial charge in [-0.2, -0.15) is 5.26 Å². The zero-order valence-corrected chi connectivity index (χ0v) is 11.5. The Hall–Kier alpha value is -0.590. The number of hydrogen-bond acceptors (Lipinski definition) is 3. The van der Waals surface area contributed by atoms with Gasteiger partial charge in [0.15, 0.2) is 0 Å². The topological polar surface area (TPSA) is 30.3 Å². The highest BCUT2D eigenvalue weighted by atomic mass is 15.3. The molecule has 0 radical (unpaired) electrons. The van der Waals surface area contributed by atoms with E-state index in [1.165, 1.54) is 39.0 Å². The molecule has 0 unspecified atom stereocenters. The summed E-state index contributed by atoms with van der Waals surface area (Å²) in [6.07, 6.45) is 3.33. The van der Waals surface area contributed by atoms with Crippen LogP contribution in [0.5, 0.6) is 0 Å². The maximum atomic E-state index is 8.60. The van der Waals surface area contributed by atoms with E-state index in [9.17, 15) is 0 Å². The fraction of sp³-hybridized carbons (Fsp3) is 0.929. The van der Waals surface area contributed by atoms with Crippen molar-refractivity contribution < 1.29 is 0 Å². The third-order valence-corrected chi connectivity index (χ3v) is 4.46. The van der Waals surface area contributed by atoms with Crippen LogP contribution in [0, 0.1) is 16.7 Å². The number of nitriles is 1. The summed E-state index contributed by atoms with van der Waals surface area (Å²) in [5.74, 6) is 0. The first-order chi connectivity index (χ1) is 7.95. The van der Waals surface area contributed by atoms with Crippen molar-refractivity contribution >= 4 is 0 Å². The number of nitrogens with zero attached hydrogens (tertiary/aromatic N) is 3. The molecule has 0 N–H and O–H groups in total. The van der Waals surface area contributed by atoms with Crippen molar-refractivity contribution in [2.75, 3.05) is 32.7 Å². The first-order valence-corrected chi connectivity index (χ1v) is 6.80. The highest BCUT2D eigenvalue weighted by molar-refractivity contribution is 5.01. The summed E-state index contributed by atoms with van der Waals surface area (Å²) < 4.78 is 0. The van der Waals surface area contributed by atoms with E-state index in [1.807, 2.05) is 0 Å². The summed E-state index contributed by atoms with van der Waals surface area (Å²) in [5, 5.41) is 8.60. The second-order valence-electron chi connectivity index (χ2n) is 6.78. The number of hydrogen-bond donors (Lipinski definition) is 0. The van der Waals surface area contributed by atoms with Gasteiger partial charge in [0.2, 0.25) is 0 Å². The molecule has 0 saturated carbocycles. The zero-order chi connectivity index (χ0) is 12.5. The maximum Gasteiger partial charge on any atom is 0.0635 e. The van der Waals surface area contributed by atoms with Crippen molar-refractivity contribution in [1.29, 1.82) is 5.26 Å². The van der Waals surface area contributed by atoms with E-state index in [0.717, 1.165) is 6.54 Å². The predicted octanol–water partition coefficient (Wildman–Crippen LogP) is 2.10. The summed E-state index contributed by atoms with van der Waals surface area (Å²) in [6, 6.07) is 2.24. The molecule has 0 aromatic heterocycles. The molecule has 0 amide bonds. The van der Waals surface area contributed by atoms with Gasteiger partial charge in [-0.25, -0.2) is 0 Å². The van der Waals surface area contributed by atoms with Crippen LogP contribution in [0.1, 0.15) is 40.0 Å². The molecule has 0 aromatic carbocycles. The smallest absolute Gasteiger partial charge is 0.0635 e. The molecule has 0 atom stereocenters. The van der Waals surface area contributed by atoms with Gasteiger partial charge in [-0.05, 0) is 52.1 Å². The molecule has 2 fully saturated rings. The Labute approximate surface area is 105 Å². The normalized spacial score (nSPS) is 25.5. The standard InChI is InChI=1S/C14H25N3/c1-13(2,3)17-11-14(12-17)5-9-16(10-6-14)8-4-7-15/h4-6,8-12H2,1-3H3. The fourth-order valence-corrected chi connectivity index (χ4v) is 3.01. The molecule has 2 aliphatic heterocycles. The Balaban J connectivity index is 1.76. The van der Waals surface area contributed by atoms with E-state index in [2.05, 4.69) is 36.6 Å². The number of likely N-dealkylation sites (tertiary alicyclic amines) is 2. The van der Waals surface area contributed by atoms with E-state index in [0.29, 0.717) is 17.4 Å². The lowest BCUT2D eigenvalue weighted by Gasteiger charge is -2.58. The van der Waals surface area contributed by atoms with E-state index in [1.54, 1.807) is 0 Å². The van der Waals surface area contributed by atoms with Crippen molar-refractivity contribution in [2.45, 2.75) is 45.6 Å². The van der Waals surface area contributed by atoms with Gasteiger partial charge in [-0.15, -0.1) is 0 Å². The zero-order valence-electron chi connectivity index (χ0n) is 11.5. The van der Waals surface area contributed by atoms with Gasteiger partial charge in [0.1, 0.15) is 0 Å². The minimum Gasteiger partial charge on any atom is -0.302 e. The average molecular weight is 235 g/mol. The van der Waals surface area contributed by atoms with Crippen LogP contribution in [-0.4, -0.2) is 48.1 Å². The van der Waals surface area contributed by atoms with Crippen molar-refractivity contribution in [1.82, 2.24) is 9.80 Å². The molecule has 1 spiro atoms. The Kier molecular flexibility index (Phi) is 3.47. The quantitative estimate of drug-likeness (QED) is 0.734. The molecule has 0 aromatic rings. The average Bonchev–Trinajstić information content (AvgIpc) is 2.22. The minimum atomic E-state index is 0.337. The van der Waals surface area contributed by atoms with Gasteiger partial charge in [-0.3, -0.25) is 4.90 Å². The van der Waals surface area contributed by atoms with Crippen LogP contribution in [0.4, 0.5) is 0 Å². The molecule has 2 aliphatic rings. The molecule has 2 saturated heterocycles. The van der Waals surface area contributed by atoms with Crippen molar-refractivity contribution in [2.24, 2.45) is 5.41 Å². The summed E-state index contributed by atoms with van der Waals surface area (Å²) in [6.45, 7) is 12.8. The molecule has 0 aliphatic carbocycles. The highest BCUT2D eigenvalue weighted by Gasteiger charge is 2.47. The molecule has 17 heavy (non-hydrogen) atoms. The monoisotopic (exact) mass is 235 g/mol. The van der Waals surface area contributed by atoms with Gasteiger partial charge in [-0.1, -0.05) is 0 Å². The first-order valence-electron chi connectivity index (χ1n) is 6.80. The van der Waals surface area contributed by atoms with Gasteiger partial charge >= 0.3 is 0 Å². The van der Waals surface area contributed by atoms with Gasteiger partial charge in [0.05, 0.1) is 6.07 Å². The second kappa shape index (κ2) is 4.59. The van der Waals surface area contributed by atoms with Gasteiger partial charge in [0.25, 0.3) is 0 Å². The lowest BCUT2D eigenvalue weighted by atomic mass is 9.70. The molecular weight excluding hydrogens is 210 g/mol. The second-order valence-corrected chi connectivity index (χ2v) is 6.78. The van der Waals surface area contributed by atoms with E-state index in [4.69, 9.17) is 5.26 Å². The number of rotatable bonds is 2. The summed E-state index contributed by atoms with van der Waals surface area (Å²) in [4.78, 5) is 5.05. The summed E-state index contributed by atoms with van der Waals surface area (Å²) in [5.41, 5.74) is 0.944. The third-order valence-electron chi connectivity index (χ3n) is 4.46. The van der Waals surface area contributed by atoms with Crippen LogP contribution in [-0.2, 0) is 0 Å². The molecular formula is C14H25N3. The highest BCUT2D eigenvalue weighted by Crippen LogP contribution is 2.43. The van der Waals surface area contributed by atoms with Crippen LogP contribution in [0.2, 0.25) is 0 Å². The molecule has 3 heteroatoms. The molecule has 3 nitrogen and oxygen atoms in total. The van der Waals surface area contributed by atoms with Crippen LogP contribution in [0.25, 0.3) is 0 Å². The van der Waals surface area contributed by atoms with Crippen LogP contribution in [0.3, 0.4) is 0 Å².